The number of ether oxygens (including phenoxy) is 3. The topological polar surface area (TPSA) is 30.9 Å². The lowest BCUT2D eigenvalue weighted by Gasteiger charge is -2.16. The second kappa shape index (κ2) is 5.16. The van der Waals surface area contributed by atoms with E-state index in [1.165, 1.54) is 12.0 Å². The molecule has 2 aliphatic rings. The fourth-order valence-corrected chi connectivity index (χ4v) is 2.73. The maximum Gasteiger partial charge on any atom is 0.231 e. The molecule has 1 unspecified atom stereocenters. The summed E-state index contributed by atoms with van der Waals surface area (Å²) in [5, 5.41) is 0. The van der Waals surface area contributed by atoms with Crippen LogP contribution >= 0.6 is 0 Å². The number of methoxy groups -OCH3 is 1. The maximum atomic E-state index is 5.40. The predicted octanol–water partition coefficient (Wildman–Crippen LogP) is 1.88. The molecule has 0 bridgehead atoms. The predicted molar refractivity (Wildman–Crippen MR) is 67.8 cm³/mol. The Balaban J connectivity index is 1.60. The second-order valence-corrected chi connectivity index (χ2v) is 5.03. The standard InChI is InChI=1S/C14H19NO3/c1-16-9-12-4-5-15(8-12)7-11-2-3-13-14(6-11)18-10-17-13/h2-3,6,12H,4-5,7-10H2,1H3. The van der Waals surface area contributed by atoms with Crippen LogP contribution in [0.3, 0.4) is 0 Å². The summed E-state index contributed by atoms with van der Waals surface area (Å²) in [7, 11) is 1.78. The maximum absolute atomic E-state index is 5.40. The number of likely N-dealkylation sites (tertiary alicyclic amines) is 1. The highest BCUT2D eigenvalue weighted by atomic mass is 16.7. The normalized spacial score (nSPS) is 22.6. The van der Waals surface area contributed by atoms with Gasteiger partial charge in [0.2, 0.25) is 6.79 Å². The van der Waals surface area contributed by atoms with Crippen LogP contribution in [0.2, 0.25) is 0 Å². The molecule has 18 heavy (non-hydrogen) atoms. The average molecular weight is 249 g/mol. The highest BCUT2D eigenvalue weighted by Gasteiger charge is 2.22. The van der Waals surface area contributed by atoms with E-state index in [-0.39, 0.29) is 0 Å². The lowest BCUT2D eigenvalue weighted by molar-refractivity contribution is 0.152. The van der Waals surface area contributed by atoms with Gasteiger partial charge in [-0.3, -0.25) is 4.90 Å². The lowest BCUT2D eigenvalue weighted by Crippen LogP contribution is -2.21. The summed E-state index contributed by atoms with van der Waals surface area (Å²) >= 11 is 0. The molecule has 0 aliphatic carbocycles. The first kappa shape index (κ1) is 11.8. The van der Waals surface area contributed by atoms with E-state index in [1.54, 1.807) is 7.11 Å². The summed E-state index contributed by atoms with van der Waals surface area (Å²) in [5.41, 5.74) is 1.29. The van der Waals surface area contributed by atoms with Crippen LogP contribution in [0.5, 0.6) is 11.5 Å². The minimum Gasteiger partial charge on any atom is -0.454 e. The van der Waals surface area contributed by atoms with Gasteiger partial charge in [0.15, 0.2) is 11.5 Å². The Hall–Kier alpha value is -1.26. The van der Waals surface area contributed by atoms with E-state index in [2.05, 4.69) is 17.0 Å². The van der Waals surface area contributed by atoms with Gasteiger partial charge >= 0.3 is 0 Å². The molecule has 0 N–H and O–H groups in total. The summed E-state index contributed by atoms with van der Waals surface area (Å²) in [4.78, 5) is 2.47. The SMILES string of the molecule is COCC1CCN(Cc2ccc3c(c2)OCO3)C1. The highest BCUT2D eigenvalue weighted by molar-refractivity contribution is 5.44. The number of fused-ring (bicyclic) bond motifs is 1. The minimum absolute atomic E-state index is 0.346. The zero-order chi connectivity index (χ0) is 12.4. The van der Waals surface area contributed by atoms with Crippen LogP contribution in [0, 0.1) is 5.92 Å². The molecule has 1 fully saturated rings. The third-order valence-corrected chi connectivity index (χ3v) is 3.62. The van der Waals surface area contributed by atoms with E-state index in [1.807, 2.05) is 6.07 Å². The molecule has 1 aromatic carbocycles. The molecule has 2 aliphatic heterocycles. The Bertz CT molecular complexity index is 422. The van der Waals surface area contributed by atoms with Crippen LogP contribution in [0.1, 0.15) is 12.0 Å². The first-order valence-corrected chi connectivity index (χ1v) is 6.45. The van der Waals surface area contributed by atoms with Crippen LogP contribution in [0.25, 0.3) is 0 Å². The Kier molecular flexibility index (Phi) is 3.39. The third-order valence-electron chi connectivity index (χ3n) is 3.62. The van der Waals surface area contributed by atoms with E-state index < -0.39 is 0 Å². The van der Waals surface area contributed by atoms with Crippen molar-refractivity contribution >= 4 is 0 Å². The molecule has 0 radical (unpaired) electrons. The van der Waals surface area contributed by atoms with Crippen molar-refractivity contribution in [2.75, 3.05) is 33.6 Å². The number of rotatable bonds is 4. The quantitative estimate of drug-likeness (QED) is 0.815. The zero-order valence-corrected chi connectivity index (χ0v) is 10.7. The van der Waals surface area contributed by atoms with Gasteiger partial charge in [0.05, 0.1) is 6.61 Å². The summed E-state index contributed by atoms with van der Waals surface area (Å²) in [6.45, 7) is 4.48. The van der Waals surface area contributed by atoms with E-state index in [0.717, 1.165) is 37.7 Å². The summed E-state index contributed by atoms with van der Waals surface area (Å²) in [6, 6.07) is 6.21. The van der Waals surface area contributed by atoms with Crippen molar-refractivity contribution in [2.24, 2.45) is 5.92 Å². The van der Waals surface area contributed by atoms with Gasteiger partial charge in [0.25, 0.3) is 0 Å². The largest absolute Gasteiger partial charge is 0.454 e. The Morgan fingerprint density at radius 2 is 2.22 bits per heavy atom. The van der Waals surface area contributed by atoms with Gasteiger partial charge in [-0.05, 0) is 36.6 Å². The van der Waals surface area contributed by atoms with Crippen molar-refractivity contribution in [3.8, 4) is 11.5 Å². The Morgan fingerprint density at radius 1 is 1.33 bits per heavy atom. The monoisotopic (exact) mass is 249 g/mol. The molecule has 4 heteroatoms. The molecule has 0 spiro atoms. The minimum atomic E-state index is 0.346. The van der Waals surface area contributed by atoms with Gasteiger partial charge < -0.3 is 14.2 Å². The van der Waals surface area contributed by atoms with E-state index in [4.69, 9.17) is 14.2 Å². The molecular formula is C14H19NO3. The molecule has 0 amide bonds. The fourth-order valence-electron chi connectivity index (χ4n) is 2.73. The lowest BCUT2D eigenvalue weighted by atomic mass is 10.1. The van der Waals surface area contributed by atoms with E-state index in [0.29, 0.717) is 12.7 Å². The molecule has 1 aromatic rings. The van der Waals surface area contributed by atoms with Gasteiger partial charge in [-0.25, -0.2) is 0 Å². The number of hydrogen-bond donors (Lipinski definition) is 0. The summed E-state index contributed by atoms with van der Waals surface area (Å²) < 4.78 is 15.9. The van der Waals surface area contributed by atoms with Crippen LogP contribution in [-0.4, -0.2) is 38.5 Å². The van der Waals surface area contributed by atoms with Crippen LogP contribution in [0.4, 0.5) is 0 Å². The van der Waals surface area contributed by atoms with Crippen molar-refractivity contribution in [3.05, 3.63) is 23.8 Å². The molecule has 98 valence electrons. The first-order valence-electron chi connectivity index (χ1n) is 6.45. The van der Waals surface area contributed by atoms with Crippen LogP contribution in [0.15, 0.2) is 18.2 Å². The van der Waals surface area contributed by atoms with Gasteiger partial charge in [-0.1, -0.05) is 6.07 Å². The third kappa shape index (κ3) is 2.44. The van der Waals surface area contributed by atoms with Gasteiger partial charge in [-0.15, -0.1) is 0 Å². The second-order valence-electron chi connectivity index (χ2n) is 5.03. The molecule has 2 heterocycles. The molecular weight excluding hydrogens is 230 g/mol. The summed E-state index contributed by atoms with van der Waals surface area (Å²) in [6.07, 6.45) is 1.23. The smallest absolute Gasteiger partial charge is 0.231 e. The number of nitrogens with zero attached hydrogens (tertiary/aromatic N) is 1. The first-order chi connectivity index (χ1) is 8.85. The van der Waals surface area contributed by atoms with Crippen molar-refractivity contribution in [1.29, 1.82) is 0 Å². The molecule has 0 saturated carbocycles. The Labute approximate surface area is 107 Å². The van der Waals surface area contributed by atoms with Crippen molar-refractivity contribution < 1.29 is 14.2 Å². The highest BCUT2D eigenvalue weighted by Crippen LogP contribution is 2.33. The number of benzene rings is 1. The fraction of sp³-hybridized carbons (Fsp3) is 0.571. The van der Waals surface area contributed by atoms with Crippen molar-refractivity contribution in [2.45, 2.75) is 13.0 Å². The van der Waals surface area contributed by atoms with E-state index >= 15 is 0 Å². The Morgan fingerprint density at radius 3 is 3.11 bits per heavy atom. The molecule has 1 saturated heterocycles. The van der Waals surface area contributed by atoms with Crippen LogP contribution < -0.4 is 9.47 Å². The van der Waals surface area contributed by atoms with Crippen molar-refractivity contribution in [3.63, 3.8) is 0 Å². The molecule has 1 atom stereocenters. The zero-order valence-electron chi connectivity index (χ0n) is 10.7. The van der Waals surface area contributed by atoms with Crippen LogP contribution in [-0.2, 0) is 11.3 Å². The van der Waals surface area contributed by atoms with Gasteiger partial charge in [0, 0.05) is 20.2 Å². The molecule has 0 aromatic heterocycles. The molecule has 4 nitrogen and oxygen atoms in total. The van der Waals surface area contributed by atoms with Gasteiger partial charge in [0.1, 0.15) is 0 Å². The average Bonchev–Trinajstić information content (AvgIpc) is 2.98. The summed E-state index contributed by atoms with van der Waals surface area (Å²) in [5.74, 6) is 2.42. The number of hydrogen-bond acceptors (Lipinski definition) is 4. The van der Waals surface area contributed by atoms with E-state index in [9.17, 15) is 0 Å². The molecule has 3 rings (SSSR count). The van der Waals surface area contributed by atoms with Crippen molar-refractivity contribution in [1.82, 2.24) is 4.90 Å². The van der Waals surface area contributed by atoms with Gasteiger partial charge in [-0.2, -0.15) is 0 Å².